The van der Waals surface area contributed by atoms with Crippen LogP contribution in [0.1, 0.15) is 45.7 Å². The molecular formula is C30H34O8. The third-order valence-corrected chi connectivity index (χ3v) is 6.05. The predicted molar refractivity (Wildman–Crippen MR) is 142 cm³/mol. The summed E-state index contributed by atoms with van der Waals surface area (Å²) in [6, 6.07) is 19.8. The maximum atomic E-state index is 12.9. The average Bonchev–Trinajstić information content (AvgIpc) is 2.91. The van der Waals surface area contributed by atoms with Crippen molar-refractivity contribution < 1.29 is 39.5 Å². The minimum Gasteiger partial charge on any atom is -0.491 e. The molecule has 0 heterocycles. The Bertz CT molecular complexity index is 1100. The quantitative estimate of drug-likeness (QED) is 0.238. The summed E-state index contributed by atoms with van der Waals surface area (Å²) < 4.78 is 10.6. The van der Waals surface area contributed by atoms with Crippen LogP contribution in [0.15, 0.2) is 72.8 Å². The Morgan fingerprint density at radius 1 is 0.605 bits per heavy atom. The van der Waals surface area contributed by atoms with E-state index in [1.54, 1.807) is 72.8 Å². The highest BCUT2D eigenvalue weighted by Crippen LogP contribution is 2.24. The second-order valence-electron chi connectivity index (χ2n) is 9.57. The lowest BCUT2D eigenvalue weighted by Crippen LogP contribution is -2.38. The van der Waals surface area contributed by atoms with Gasteiger partial charge in [0.1, 0.15) is 35.9 Å². The zero-order valence-corrected chi connectivity index (χ0v) is 21.6. The molecule has 0 fully saturated rings. The standard InChI is InChI=1S/C30H34O8/c1-29(35,27(33)23-7-11-25(12-8-23)37-17-15-31)19-21-3-5-22(6-4-21)20-30(2,36)28(34)24-9-13-26(14-10-24)38-18-16-32/h3-14,31-32,35-36H,15-20H2,1-2H3. The van der Waals surface area contributed by atoms with E-state index in [1.807, 2.05) is 0 Å². The Hall–Kier alpha value is -3.56. The number of carbonyl (C=O) groups is 2. The number of benzene rings is 3. The maximum Gasteiger partial charge on any atom is 0.194 e. The number of rotatable bonds is 14. The van der Waals surface area contributed by atoms with Crippen molar-refractivity contribution in [3.8, 4) is 11.5 Å². The van der Waals surface area contributed by atoms with Crippen LogP contribution >= 0.6 is 0 Å². The minimum atomic E-state index is -1.65. The molecule has 0 saturated carbocycles. The van der Waals surface area contributed by atoms with Gasteiger partial charge in [0.15, 0.2) is 11.6 Å². The number of ketones is 2. The van der Waals surface area contributed by atoms with Crippen LogP contribution in [0.25, 0.3) is 0 Å². The van der Waals surface area contributed by atoms with Gasteiger partial charge in [0.2, 0.25) is 0 Å². The van der Waals surface area contributed by atoms with E-state index in [2.05, 4.69) is 0 Å². The monoisotopic (exact) mass is 522 g/mol. The molecule has 202 valence electrons. The summed E-state index contributed by atoms with van der Waals surface area (Å²) in [5.41, 5.74) is -1.18. The van der Waals surface area contributed by atoms with Crippen LogP contribution in [0.4, 0.5) is 0 Å². The Balaban J connectivity index is 1.62. The summed E-state index contributed by atoms with van der Waals surface area (Å²) in [6.45, 7) is 3.00. The van der Waals surface area contributed by atoms with Gasteiger partial charge in [-0.3, -0.25) is 9.59 Å². The smallest absolute Gasteiger partial charge is 0.194 e. The zero-order chi connectivity index (χ0) is 27.8. The van der Waals surface area contributed by atoms with E-state index in [-0.39, 0.29) is 39.3 Å². The van der Waals surface area contributed by atoms with Gasteiger partial charge >= 0.3 is 0 Å². The first-order valence-electron chi connectivity index (χ1n) is 12.4. The Labute approximate surface area is 222 Å². The van der Waals surface area contributed by atoms with E-state index in [9.17, 15) is 19.8 Å². The van der Waals surface area contributed by atoms with Crippen molar-refractivity contribution in [2.75, 3.05) is 26.4 Å². The lowest BCUT2D eigenvalue weighted by molar-refractivity contribution is 0.0405. The van der Waals surface area contributed by atoms with Crippen LogP contribution < -0.4 is 9.47 Å². The molecule has 0 saturated heterocycles. The molecule has 3 aromatic carbocycles. The van der Waals surface area contributed by atoms with Crippen molar-refractivity contribution in [1.29, 1.82) is 0 Å². The van der Waals surface area contributed by atoms with Crippen LogP contribution in [-0.4, -0.2) is 69.6 Å². The topological polar surface area (TPSA) is 134 Å². The van der Waals surface area contributed by atoms with E-state index >= 15 is 0 Å². The summed E-state index contributed by atoms with van der Waals surface area (Å²) in [6.07, 6.45) is 0.157. The second-order valence-corrected chi connectivity index (χ2v) is 9.57. The number of Topliss-reactive ketones (excluding diaryl/α,β-unsaturated/α-hetero) is 2. The molecular weight excluding hydrogens is 488 g/mol. The first-order valence-corrected chi connectivity index (χ1v) is 12.4. The van der Waals surface area contributed by atoms with Crippen molar-refractivity contribution >= 4 is 11.6 Å². The number of hydrogen-bond donors (Lipinski definition) is 4. The van der Waals surface area contributed by atoms with E-state index in [0.717, 1.165) is 11.1 Å². The molecule has 3 aromatic rings. The molecule has 8 nitrogen and oxygen atoms in total. The molecule has 0 bridgehead atoms. The molecule has 0 spiro atoms. The average molecular weight is 523 g/mol. The van der Waals surface area contributed by atoms with E-state index in [4.69, 9.17) is 19.7 Å². The fourth-order valence-corrected chi connectivity index (χ4v) is 4.08. The highest BCUT2D eigenvalue weighted by molar-refractivity contribution is 6.03. The first-order chi connectivity index (χ1) is 18.1. The molecule has 0 aliphatic heterocycles. The van der Waals surface area contributed by atoms with Crippen LogP contribution in [-0.2, 0) is 12.8 Å². The van der Waals surface area contributed by atoms with Gasteiger partial charge in [-0.2, -0.15) is 0 Å². The van der Waals surface area contributed by atoms with Crippen molar-refractivity contribution in [2.24, 2.45) is 0 Å². The van der Waals surface area contributed by atoms with Gasteiger partial charge in [0.25, 0.3) is 0 Å². The predicted octanol–water partition coefficient (Wildman–Crippen LogP) is 2.78. The molecule has 0 aromatic heterocycles. The maximum absolute atomic E-state index is 12.9. The molecule has 0 aliphatic rings. The Morgan fingerprint density at radius 3 is 1.21 bits per heavy atom. The van der Waals surface area contributed by atoms with E-state index < -0.39 is 22.8 Å². The summed E-state index contributed by atoms with van der Waals surface area (Å²) in [4.78, 5) is 25.8. The molecule has 0 aliphatic carbocycles. The number of aliphatic hydroxyl groups is 4. The van der Waals surface area contributed by atoms with Gasteiger partial charge in [-0.1, -0.05) is 24.3 Å². The Kier molecular flexibility index (Phi) is 9.77. The van der Waals surface area contributed by atoms with Gasteiger partial charge in [-0.25, -0.2) is 0 Å². The van der Waals surface area contributed by atoms with E-state index in [0.29, 0.717) is 22.6 Å². The zero-order valence-electron chi connectivity index (χ0n) is 21.6. The fraction of sp³-hybridized carbons (Fsp3) is 0.333. The lowest BCUT2D eigenvalue weighted by atomic mass is 9.86. The van der Waals surface area contributed by atoms with Gasteiger partial charge in [-0.05, 0) is 73.5 Å². The normalized spacial score (nSPS) is 14.3. The molecule has 2 atom stereocenters. The largest absolute Gasteiger partial charge is 0.491 e. The van der Waals surface area contributed by atoms with Crippen LogP contribution in [0.5, 0.6) is 11.5 Å². The molecule has 2 unspecified atom stereocenters. The van der Waals surface area contributed by atoms with Gasteiger partial charge in [0.05, 0.1) is 13.2 Å². The van der Waals surface area contributed by atoms with Gasteiger partial charge < -0.3 is 29.9 Å². The summed E-state index contributed by atoms with van der Waals surface area (Å²) in [5, 5.41) is 39.5. The molecule has 0 radical (unpaired) electrons. The Morgan fingerprint density at radius 2 is 0.921 bits per heavy atom. The minimum absolute atomic E-state index is 0.0783. The third kappa shape index (κ3) is 7.72. The van der Waals surface area contributed by atoms with Gasteiger partial charge in [-0.15, -0.1) is 0 Å². The highest BCUT2D eigenvalue weighted by Gasteiger charge is 2.33. The van der Waals surface area contributed by atoms with Crippen LogP contribution in [0.3, 0.4) is 0 Å². The summed E-state index contributed by atoms with van der Waals surface area (Å²) in [5.74, 6) is 0.168. The van der Waals surface area contributed by atoms with E-state index in [1.165, 1.54) is 13.8 Å². The number of aliphatic hydroxyl groups excluding tert-OH is 2. The number of hydrogen-bond acceptors (Lipinski definition) is 8. The van der Waals surface area contributed by atoms with Crippen molar-refractivity contribution in [3.05, 3.63) is 95.1 Å². The van der Waals surface area contributed by atoms with Crippen molar-refractivity contribution in [1.82, 2.24) is 0 Å². The number of ether oxygens (including phenoxy) is 2. The van der Waals surface area contributed by atoms with Crippen LogP contribution in [0.2, 0.25) is 0 Å². The second kappa shape index (κ2) is 12.8. The van der Waals surface area contributed by atoms with Crippen molar-refractivity contribution in [3.63, 3.8) is 0 Å². The first kappa shape index (κ1) is 29.0. The molecule has 4 N–H and O–H groups in total. The summed E-state index contributed by atoms with van der Waals surface area (Å²) in [7, 11) is 0. The molecule has 3 rings (SSSR count). The van der Waals surface area contributed by atoms with Crippen molar-refractivity contribution in [2.45, 2.75) is 37.9 Å². The molecule has 8 heteroatoms. The summed E-state index contributed by atoms with van der Waals surface area (Å²) >= 11 is 0. The molecule has 0 amide bonds. The lowest BCUT2D eigenvalue weighted by Gasteiger charge is -2.24. The highest BCUT2D eigenvalue weighted by atomic mass is 16.5. The van der Waals surface area contributed by atoms with Gasteiger partial charge in [0, 0.05) is 24.0 Å². The van der Waals surface area contributed by atoms with Crippen LogP contribution in [0, 0.1) is 0 Å². The SMILES string of the molecule is CC(O)(Cc1ccc(CC(C)(O)C(=O)c2ccc(OCCO)cc2)cc1)C(=O)c1ccc(OCCO)cc1. The third-order valence-electron chi connectivity index (χ3n) is 6.05. The number of carbonyl (C=O) groups excluding carboxylic acids is 2. The fourth-order valence-electron chi connectivity index (χ4n) is 4.08. The molecule has 38 heavy (non-hydrogen) atoms.